The lowest BCUT2D eigenvalue weighted by Crippen LogP contribution is -2.45. The summed E-state index contributed by atoms with van der Waals surface area (Å²) < 4.78 is 13.7. The van der Waals surface area contributed by atoms with Gasteiger partial charge >= 0.3 is 0 Å². The van der Waals surface area contributed by atoms with Crippen LogP contribution in [0.3, 0.4) is 0 Å². The molecule has 1 aliphatic rings. The molecule has 3 rings (SSSR count). The predicted molar refractivity (Wildman–Crippen MR) is 123 cm³/mol. The van der Waals surface area contributed by atoms with Crippen LogP contribution < -0.4 is 16.0 Å². The SMILES string of the molecule is CCNC(=NCCNC(=O)c1ccccc1F)NC1CC(C)N(Cc2ccccc2)C1. The number of hydrogen-bond acceptors (Lipinski definition) is 3. The second kappa shape index (κ2) is 11.5. The van der Waals surface area contributed by atoms with Crippen LogP contribution in [-0.2, 0) is 6.54 Å². The summed E-state index contributed by atoms with van der Waals surface area (Å²) in [5, 5.41) is 9.50. The van der Waals surface area contributed by atoms with Crippen molar-refractivity contribution in [2.45, 2.75) is 38.9 Å². The van der Waals surface area contributed by atoms with Crippen LogP contribution in [0.1, 0.15) is 36.2 Å². The van der Waals surface area contributed by atoms with Crippen LogP contribution in [0.2, 0.25) is 0 Å². The van der Waals surface area contributed by atoms with Crippen LogP contribution >= 0.6 is 0 Å². The van der Waals surface area contributed by atoms with Gasteiger partial charge in [0.2, 0.25) is 0 Å². The first-order valence-corrected chi connectivity index (χ1v) is 10.9. The number of benzene rings is 2. The normalized spacial score (nSPS) is 19.3. The number of likely N-dealkylation sites (tertiary alicyclic amines) is 1. The van der Waals surface area contributed by atoms with Gasteiger partial charge in [-0.3, -0.25) is 14.7 Å². The highest BCUT2D eigenvalue weighted by Crippen LogP contribution is 2.20. The second-order valence-electron chi connectivity index (χ2n) is 7.84. The van der Waals surface area contributed by atoms with E-state index < -0.39 is 11.7 Å². The van der Waals surface area contributed by atoms with Crippen molar-refractivity contribution in [2.75, 3.05) is 26.2 Å². The molecule has 2 atom stereocenters. The number of carbonyl (C=O) groups is 1. The highest BCUT2D eigenvalue weighted by atomic mass is 19.1. The molecule has 3 N–H and O–H groups in total. The Bertz CT molecular complexity index is 873. The molecule has 1 amide bonds. The minimum absolute atomic E-state index is 0.0509. The van der Waals surface area contributed by atoms with Crippen LogP contribution in [0.5, 0.6) is 0 Å². The van der Waals surface area contributed by atoms with E-state index in [1.165, 1.54) is 17.7 Å². The van der Waals surface area contributed by atoms with Gasteiger partial charge in [-0.15, -0.1) is 0 Å². The van der Waals surface area contributed by atoms with E-state index in [0.717, 1.165) is 32.0 Å². The van der Waals surface area contributed by atoms with Gasteiger partial charge in [0.15, 0.2) is 5.96 Å². The van der Waals surface area contributed by atoms with E-state index in [1.807, 2.05) is 13.0 Å². The Balaban J connectivity index is 1.48. The number of carbonyl (C=O) groups excluding carboxylic acids is 1. The average molecular weight is 426 g/mol. The number of halogens is 1. The molecule has 1 fully saturated rings. The average Bonchev–Trinajstić information content (AvgIpc) is 3.10. The van der Waals surface area contributed by atoms with E-state index in [4.69, 9.17) is 0 Å². The summed E-state index contributed by atoms with van der Waals surface area (Å²) in [6.07, 6.45) is 1.04. The summed E-state index contributed by atoms with van der Waals surface area (Å²) >= 11 is 0. The van der Waals surface area contributed by atoms with Gasteiger partial charge in [-0.05, 0) is 38.0 Å². The van der Waals surface area contributed by atoms with E-state index in [-0.39, 0.29) is 5.56 Å². The van der Waals surface area contributed by atoms with Crippen molar-refractivity contribution in [2.24, 2.45) is 4.99 Å². The van der Waals surface area contributed by atoms with Crippen molar-refractivity contribution in [1.29, 1.82) is 0 Å². The van der Waals surface area contributed by atoms with Crippen molar-refractivity contribution < 1.29 is 9.18 Å². The summed E-state index contributed by atoms with van der Waals surface area (Å²) in [4.78, 5) is 19.1. The Morgan fingerprint density at radius 1 is 1.13 bits per heavy atom. The summed E-state index contributed by atoms with van der Waals surface area (Å²) in [5.41, 5.74) is 1.37. The van der Waals surface area contributed by atoms with Crippen LogP contribution in [0.25, 0.3) is 0 Å². The molecule has 0 radical (unpaired) electrons. The molecule has 7 heteroatoms. The van der Waals surface area contributed by atoms with Gasteiger partial charge in [0.05, 0.1) is 12.1 Å². The van der Waals surface area contributed by atoms with Crippen molar-refractivity contribution in [3.8, 4) is 0 Å². The van der Waals surface area contributed by atoms with Gasteiger partial charge < -0.3 is 16.0 Å². The number of rotatable bonds is 8. The molecule has 2 aromatic rings. The van der Waals surface area contributed by atoms with E-state index in [0.29, 0.717) is 25.2 Å². The quantitative estimate of drug-likeness (QED) is 0.346. The van der Waals surface area contributed by atoms with Crippen LogP contribution in [0, 0.1) is 5.82 Å². The molecular formula is C24H32FN5O. The minimum Gasteiger partial charge on any atom is -0.357 e. The molecule has 31 heavy (non-hydrogen) atoms. The first-order chi connectivity index (χ1) is 15.1. The fraction of sp³-hybridized carbons (Fsp3) is 0.417. The Hall–Kier alpha value is -2.93. The highest BCUT2D eigenvalue weighted by Gasteiger charge is 2.29. The summed E-state index contributed by atoms with van der Waals surface area (Å²) in [5.74, 6) is -0.206. The molecule has 0 spiro atoms. The monoisotopic (exact) mass is 425 g/mol. The summed E-state index contributed by atoms with van der Waals surface area (Å²) in [6, 6.07) is 17.3. The Morgan fingerprint density at radius 3 is 2.61 bits per heavy atom. The minimum atomic E-state index is -0.520. The molecule has 6 nitrogen and oxygen atoms in total. The molecule has 2 unspecified atom stereocenters. The zero-order valence-corrected chi connectivity index (χ0v) is 18.3. The van der Waals surface area contributed by atoms with Gasteiger partial charge in [0.1, 0.15) is 5.82 Å². The number of guanidine groups is 1. The lowest BCUT2D eigenvalue weighted by atomic mass is 10.2. The molecule has 1 saturated heterocycles. The van der Waals surface area contributed by atoms with E-state index in [9.17, 15) is 9.18 Å². The molecule has 2 aromatic carbocycles. The second-order valence-corrected chi connectivity index (χ2v) is 7.84. The lowest BCUT2D eigenvalue weighted by molar-refractivity contribution is 0.0951. The van der Waals surface area contributed by atoms with Crippen molar-refractivity contribution >= 4 is 11.9 Å². The number of hydrogen-bond donors (Lipinski definition) is 3. The molecule has 1 aliphatic heterocycles. The number of aliphatic imine (C=N–C) groups is 1. The van der Waals surface area contributed by atoms with Crippen LogP contribution in [-0.4, -0.2) is 55.0 Å². The Morgan fingerprint density at radius 2 is 1.87 bits per heavy atom. The maximum Gasteiger partial charge on any atom is 0.254 e. The predicted octanol–water partition coefficient (Wildman–Crippen LogP) is 2.77. The van der Waals surface area contributed by atoms with Gasteiger partial charge in [-0.1, -0.05) is 42.5 Å². The molecule has 0 aromatic heterocycles. The van der Waals surface area contributed by atoms with Gasteiger partial charge in [-0.2, -0.15) is 0 Å². The number of nitrogens with zero attached hydrogens (tertiary/aromatic N) is 2. The smallest absolute Gasteiger partial charge is 0.254 e. The van der Waals surface area contributed by atoms with Crippen LogP contribution in [0.15, 0.2) is 59.6 Å². The molecule has 1 heterocycles. The maximum absolute atomic E-state index is 13.7. The van der Waals surface area contributed by atoms with Crippen molar-refractivity contribution in [3.63, 3.8) is 0 Å². The summed E-state index contributed by atoms with van der Waals surface area (Å²) in [7, 11) is 0. The van der Waals surface area contributed by atoms with E-state index in [2.05, 4.69) is 57.0 Å². The zero-order chi connectivity index (χ0) is 22.1. The molecule has 0 saturated carbocycles. The molecule has 0 aliphatic carbocycles. The lowest BCUT2D eigenvalue weighted by Gasteiger charge is -2.21. The largest absolute Gasteiger partial charge is 0.357 e. The van der Waals surface area contributed by atoms with Gasteiger partial charge in [-0.25, -0.2) is 4.39 Å². The third-order valence-corrected chi connectivity index (χ3v) is 5.40. The van der Waals surface area contributed by atoms with Crippen molar-refractivity contribution in [3.05, 3.63) is 71.5 Å². The Labute approximate surface area is 183 Å². The molecule has 166 valence electrons. The standard InChI is InChI=1S/C24H32FN5O/c1-3-26-24(28-14-13-27-23(31)21-11-7-8-12-22(21)25)29-20-15-18(2)30(17-20)16-19-9-5-4-6-10-19/h4-12,18,20H,3,13-17H2,1-2H3,(H,27,31)(H2,26,28,29). The number of amides is 1. The third kappa shape index (κ3) is 6.79. The topological polar surface area (TPSA) is 68.8 Å². The van der Waals surface area contributed by atoms with Gasteiger partial charge in [0, 0.05) is 38.3 Å². The zero-order valence-electron chi connectivity index (χ0n) is 18.3. The van der Waals surface area contributed by atoms with E-state index >= 15 is 0 Å². The van der Waals surface area contributed by atoms with E-state index in [1.54, 1.807) is 12.1 Å². The van der Waals surface area contributed by atoms with Gasteiger partial charge in [0.25, 0.3) is 5.91 Å². The highest BCUT2D eigenvalue weighted by molar-refractivity contribution is 5.94. The first-order valence-electron chi connectivity index (χ1n) is 10.9. The number of nitrogens with one attached hydrogen (secondary N) is 3. The van der Waals surface area contributed by atoms with Crippen LogP contribution in [0.4, 0.5) is 4.39 Å². The first kappa shape index (κ1) is 22.7. The maximum atomic E-state index is 13.7. The fourth-order valence-corrected chi connectivity index (χ4v) is 3.83. The summed E-state index contributed by atoms with van der Waals surface area (Å²) in [6.45, 7) is 7.67. The third-order valence-electron chi connectivity index (χ3n) is 5.40. The molecular weight excluding hydrogens is 393 g/mol. The van der Waals surface area contributed by atoms with Crippen molar-refractivity contribution in [1.82, 2.24) is 20.9 Å². The fourth-order valence-electron chi connectivity index (χ4n) is 3.83. The Kier molecular flexibility index (Phi) is 8.41. The molecule has 0 bridgehead atoms.